The van der Waals surface area contributed by atoms with Crippen molar-refractivity contribution in [3.05, 3.63) is 21.3 Å². The van der Waals surface area contributed by atoms with Crippen LogP contribution in [0.2, 0.25) is 5.02 Å². The fourth-order valence-corrected chi connectivity index (χ4v) is 2.96. The maximum absolute atomic E-state index is 5.87. The Labute approximate surface area is 88.3 Å². The van der Waals surface area contributed by atoms with Crippen LogP contribution in [-0.4, -0.2) is 17.5 Å². The van der Waals surface area contributed by atoms with Crippen LogP contribution in [0.4, 0.5) is 0 Å². The highest BCUT2D eigenvalue weighted by molar-refractivity contribution is 7.10. The number of rotatable bonds is 2. The topological polar surface area (TPSA) is 3.24 Å². The Morgan fingerprint density at radius 2 is 2.54 bits per heavy atom. The van der Waals surface area contributed by atoms with Gasteiger partial charge in [0.25, 0.3) is 0 Å². The van der Waals surface area contributed by atoms with Gasteiger partial charge in [-0.25, -0.2) is 0 Å². The summed E-state index contributed by atoms with van der Waals surface area (Å²) < 4.78 is 0. The van der Waals surface area contributed by atoms with Gasteiger partial charge in [-0.3, -0.25) is 4.90 Å². The van der Waals surface area contributed by atoms with E-state index in [4.69, 9.17) is 11.6 Å². The lowest BCUT2D eigenvalue weighted by atomic mass is 10.2. The molecule has 1 aliphatic rings. The van der Waals surface area contributed by atoms with E-state index >= 15 is 0 Å². The Balaban J connectivity index is 1.97. The molecule has 1 aliphatic heterocycles. The van der Waals surface area contributed by atoms with Gasteiger partial charge < -0.3 is 0 Å². The van der Waals surface area contributed by atoms with Crippen molar-refractivity contribution >= 4 is 22.9 Å². The number of hydrogen-bond donors (Lipinski definition) is 0. The molecule has 1 unspecified atom stereocenters. The van der Waals surface area contributed by atoms with Crippen LogP contribution in [-0.2, 0) is 6.54 Å². The average molecular weight is 216 g/mol. The highest BCUT2D eigenvalue weighted by atomic mass is 35.5. The molecule has 2 rings (SSSR count). The third-order valence-corrected chi connectivity index (χ3v) is 3.94. The third-order valence-electron chi connectivity index (χ3n) is 2.67. The van der Waals surface area contributed by atoms with Crippen molar-refractivity contribution in [2.24, 2.45) is 0 Å². The molecular weight excluding hydrogens is 202 g/mol. The Hall–Kier alpha value is -0.0500. The van der Waals surface area contributed by atoms with Crippen molar-refractivity contribution in [3.63, 3.8) is 0 Å². The average Bonchev–Trinajstić information content (AvgIpc) is 2.64. The first kappa shape index (κ1) is 9.50. The SMILES string of the molecule is CC1CCCN1Cc1cc(Cl)cs1. The molecule has 1 atom stereocenters. The van der Waals surface area contributed by atoms with Crippen LogP contribution >= 0.6 is 22.9 Å². The van der Waals surface area contributed by atoms with Gasteiger partial charge in [-0.1, -0.05) is 11.6 Å². The monoisotopic (exact) mass is 215 g/mol. The number of nitrogens with zero attached hydrogens (tertiary/aromatic N) is 1. The molecule has 0 spiro atoms. The van der Waals surface area contributed by atoms with Crippen LogP contribution in [0.25, 0.3) is 0 Å². The summed E-state index contributed by atoms with van der Waals surface area (Å²) in [6, 6.07) is 2.83. The van der Waals surface area contributed by atoms with Crippen LogP contribution in [0.1, 0.15) is 24.6 Å². The Morgan fingerprint density at radius 3 is 3.08 bits per heavy atom. The van der Waals surface area contributed by atoms with Crippen molar-refractivity contribution in [1.29, 1.82) is 0 Å². The largest absolute Gasteiger partial charge is 0.296 e. The summed E-state index contributed by atoms with van der Waals surface area (Å²) in [5, 5.41) is 2.89. The van der Waals surface area contributed by atoms with E-state index in [1.165, 1.54) is 24.3 Å². The van der Waals surface area contributed by atoms with Gasteiger partial charge in [0, 0.05) is 22.8 Å². The summed E-state index contributed by atoms with van der Waals surface area (Å²) in [6.07, 6.45) is 2.69. The maximum atomic E-state index is 5.87. The zero-order valence-corrected chi connectivity index (χ0v) is 9.37. The predicted octanol–water partition coefficient (Wildman–Crippen LogP) is 3.39. The molecule has 13 heavy (non-hydrogen) atoms. The molecule has 1 fully saturated rings. The second kappa shape index (κ2) is 3.99. The van der Waals surface area contributed by atoms with Crippen LogP contribution in [0.15, 0.2) is 11.4 Å². The van der Waals surface area contributed by atoms with E-state index in [0.29, 0.717) is 0 Å². The van der Waals surface area contributed by atoms with Gasteiger partial charge in [-0.05, 0) is 32.4 Å². The lowest BCUT2D eigenvalue weighted by molar-refractivity contribution is 0.262. The first-order valence-corrected chi connectivity index (χ1v) is 5.98. The molecule has 0 aliphatic carbocycles. The number of likely N-dealkylation sites (tertiary alicyclic amines) is 1. The lowest BCUT2D eigenvalue weighted by Crippen LogP contribution is -2.25. The molecule has 2 heterocycles. The highest BCUT2D eigenvalue weighted by Gasteiger charge is 2.20. The second-order valence-corrected chi connectivity index (χ2v) is 5.13. The summed E-state index contributed by atoms with van der Waals surface area (Å²) in [5.74, 6) is 0. The number of hydrogen-bond acceptors (Lipinski definition) is 2. The molecule has 0 saturated carbocycles. The summed E-state index contributed by atoms with van der Waals surface area (Å²) in [7, 11) is 0. The van der Waals surface area contributed by atoms with E-state index in [1.54, 1.807) is 11.3 Å². The number of thiophene rings is 1. The van der Waals surface area contributed by atoms with E-state index in [2.05, 4.69) is 17.9 Å². The molecule has 1 nitrogen and oxygen atoms in total. The van der Waals surface area contributed by atoms with Crippen LogP contribution in [0.5, 0.6) is 0 Å². The zero-order valence-electron chi connectivity index (χ0n) is 7.79. The van der Waals surface area contributed by atoms with Gasteiger partial charge in [-0.15, -0.1) is 11.3 Å². The van der Waals surface area contributed by atoms with Crippen molar-refractivity contribution in [3.8, 4) is 0 Å². The zero-order chi connectivity index (χ0) is 9.26. The van der Waals surface area contributed by atoms with Gasteiger partial charge in [0.15, 0.2) is 0 Å². The molecule has 0 amide bonds. The minimum atomic E-state index is 0.751. The minimum absolute atomic E-state index is 0.751. The van der Waals surface area contributed by atoms with Gasteiger partial charge in [-0.2, -0.15) is 0 Å². The minimum Gasteiger partial charge on any atom is -0.296 e. The smallest absolute Gasteiger partial charge is 0.0516 e. The fraction of sp³-hybridized carbons (Fsp3) is 0.600. The molecule has 72 valence electrons. The normalized spacial score (nSPS) is 24.0. The Bertz CT molecular complexity index is 284. The van der Waals surface area contributed by atoms with E-state index in [0.717, 1.165) is 17.6 Å². The molecule has 3 heteroatoms. The van der Waals surface area contributed by atoms with Crippen LogP contribution in [0.3, 0.4) is 0 Å². The standard InChI is InChI=1S/C10H14ClNS/c1-8-3-2-4-12(8)6-10-5-9(11)7-13-10/h5,7-8H,2-4,6H2,1H3. The summed E-state index contributed by atoms with van der Waals surface area (Å²) >= 11 is 7.64. The molecular formula is C10H14ClNS. The fourth-order valence-electron chi connectivity index (χ4n) is 1.86. The molecule has 0 bridgehead atoms. The maximum Gasteiger partial charge on any atom is 0.0516 e. The lowest BCUT2D eigenvalue weighted by Gasteiger charge is -2.19. The Kier molecular flexibility index (Phi) is 2.92. The van der Waals surface area contributed by atoms with Gasteiger partial charge >= 0.3 is 0 Å². The molecule has 0 N–H and O–H groups in total. The van der Waals surface area contributed by atoms with Gasteiger partial charge in [0.05, 0.1) is 5.02 Å². The number of halogens is 1. The highest BCUT2D eigenvalue weighted by Crippen LogP contribution is 2.24. The predicted molar refractivity (Wildman–Crippen MR) is 58.4 cm³/mol. The van der Waals surface area contributed by atoms with E-state index in [1.807, 2.05) is 5.38 Å². The first-order chi connectivity index (χ1) is 6.25. The molecule has 1 saturated heterocycles. The van der Waals surface area contributed by atoms with Crippen molar-refractivity contribution in [2.45, 2.75) is 32.4 Å². The quantitative estimate of drug-likeness (QED) is 0.731. The van der Waals surface area contributed by atoms with E-state index in [-0.39, 0.29) is 0 Å². The van der Waals surface area contributed by atoms with Gasteiger partial charge in [0.2, 0.25) is 0 Å². The summed E-state index contributed by atoms with van der Waals surface area (Å²) in [5.41, 5.74) is 0. The molecule has 0 radical (unpaired) electrons. The van der Waals surface area contributed by atoms with Crippen LogP contribution in [0, 0.1) is 0 Å². The summed E-state index contributed by atoms with van der Waals surface area (Å²) in [4.78, 5) is 3.92. The Morgan fingerprint density at radius 1 is 1.69 bits per heavy atom. The van der Waals surface area contributed by atoms with Gasteiger partial charge in [0.1, 0.15) is 0 Å². The van der Waals surface area contributed by atoms with Crippen molar-refractivity contribution in [1.82, 2.24) is 4.90 Å². The third kappa shape index (κ3) is 2.25. The first-order valence-electron chi connectivity index (χ1n) is 4.72. The second-order valence-electron chi connectivity index (χ2n) is 3.69. The van der Waals surface area contributed by atoms with Crippen LogP contribution < -0.4 is 0 Å². The molecule has 1 aromatic heterocycles. The summed E-state index contributed by atoms with van der Waals surface area (Å²) in [6.45, 7) is 4.64. The molecule has 0 aromatic carbocycles. The molecule has 1 aromatic rings. The van der Waals surface area contributed by atoms with E-state index < -0.39 is 0 Å². The van der Waals surface area contributed by atoms with E-state index in [9.17, 15) is 0 Å². The van der Waals surface area contributed by atoms with Crippen molar-refractivity contribution < 1.29 is 0 Å². The van der Waals surface area contributed by atoms with Crippen molar-refractivity contribution in [2.75, 3.05) is 6.54 Å².